The first-order valence-corrected chi connectivity index (χ1v) is 8.68. The number of carbonyl (C=O) groups is 1. The second-order valence-corrected chi connectivity index (χ2v) is 6.32. The van der Waals surface area contributed by atoms with Crippen LogP contribution in [0.3, 0.4) is 0 Å². The highest BCUT2D eigenvalue weighted by molar-refractivity contribution is 7.14. The van der Waals surface area contributed by atoms with Crippen LogP contribution in [0.2, 0.25) is 0 Å². The number of alkyl halides is 2. The molecule has 0 aliphatic rings. The number of benzene rings is 1. The summed E-state index contributed by atoms with van der Waals surface area (Å²) in [5, 5.41) is 9.24. The van der Waals surface area contributed by atoms with E-state index in [-0.39, 0.29) is 18.1 Å². The van der Waals surface area contributed by atoms with Crippen molar-refractivity contribution in [3.05, 3.63) is 47.6 Å². The van der Waals surface area contributed by atoms with Crippen LogP contribution in [0, 0.1) is 6.92 Å². The Bertz CT molecular complexity index is 877. The highest BCUT2D eigenvalue weighted by Gasteiger charge is 2.10. The lowest BCUT2D eigenvalue weighted by Gasteiger charge is -2.04. The van der Waals surface area contributed by atoms with Crippen molar-refractivity contribution in [2.75, 3.05) is 5.32 Å². The summed E-state index contributed by atoms with van der Waals surface area (Å²) in [6, 6.07) is 8.05. The molecular formula is C17H16F2N4O2S. The summed E-state index contributed by atoms with van der Waals surface area (Å²) >= 11 is 1.30. The van der Waals surface area contributed by atoms with Gasteiger partial charge in [0.05, 0.1) is 11.4 Å². The largest absolute Gasteiger partial charge is 0.435 e. The lowest BCUT2D eigenvalue weighted by molar-refractivity contribution is -0.116. The molecule has 0 radical (unpaired) electrons. The number of hydrogen-bond acceptors (Lipinski definition) is 5. The van der Waals surface area contributed by atoms with Crippen molar-refractivity contribution >= 4 is 22.4 Å². The van der Waals surface area contributed by atoms with Gasteiger partial charge >= 0.3 is 6.61 Å². The summed E-state index contributed by atoms with van der Waals surface area (Å²) in [6.07, 6.45) is 2.11. The molecule has 1 N–H and O–H groups in total. The predicted octanol–water partition coefficient (Wildman–Crippen LogP) is 3.95. The molecule has 0 atom stereocenters. The highest BCUT2D eigenvalue weighted by atomic mass is 32.1. The second-order valence-electron chi connectivity index (χ2n) is 5.46. The number of rotatable bonds is 7. The molecule has 1 aromatic carbocycles. The fourth-order valence-electron chi connectivity index (χ4n) is 2.26. The molecule has 2 heterocycles. The van der Waals surface area contributed by atoms with E-state index in [2.05, 4.69) is 20.1 Å². The van der Waals surface area contributed by atoms with Crippen LogP contribution >= 0.6 is 11.3 Å². The summed E-state index contributed by atoms with van der Waals surface area (Å²) in [7, 11) is 0. The monoisotopic (exact) mass is 378 g/mol. The molecule has 0 saturated heterocycles. The van der Waals surface area contributed by atoms with E-state index in [1.54, 1.807) is 22.2 Å². The van der Waals surface area contributed by atoms with E-state index in [0.29, 0.717) is 17.4 Å². The third kappa shape index (κ3) is 4.85. The molecule has 0 fully saturated rings. The van der Waals surface area contributed by atoms with Crippen LogP contribution in [0.4, 0.5) is 13.9 Å². The van der Waals surface area contributed by atoms with Crippen LogP contribution < -0.4 is 10.1 Å². The second kappa shape index (κ2) is 8.05. The van der Waals surface area contributed by atoms with Crippen LogP contribution in [-0.2, 0) is 11.3 Å². The van der Waals surface area contributed by atoms with E-state index in [1.807, 2.05) is 19.2 Å². The van der Waals surface area contributed by atoms with E-state index in [9.17, 15) is 13.6 Å². The van der Waals surface area contributed by atoms with Gasteiger partial charge in [0.25, 0.3) is 0 Å². The van der Waals surface area contributed by atoms with Gasteiger partial charge in [0.1, 0.15) is 5.75 Å². The molecule has 0 saturated carbocycles. The van der Waals surface area contributed by atoms with Gasteiger partial charge in [-0.3, -0.25) is 9.48 Å². The van der Waals surface area contributed by atoms with E-state index < -0.39 is 6.61 Å². The number of anilines is 1. The Morgan fingerprint density at radius 3 is 2.73 bits per heavy atom. The Labute approximate surface area is 152 Å². The maximum atomic E-state index is 12.2. The number of thiazole rings is 1. The average Bonchev–Trinajstić information content (AvgIpc) is 3.22. The van der Waals surface area contributed by atoms with Gasteiger partial charge in [0.15, 0.2) is 5.13 Å². The van der Waals surface area contributed by atoms with Gasteiger partial charge in [-0.25, -0.2) is 4.98 Å². The van der Waals surface area contributed by atoms with Crippen molar-refractivity contribution < 1.29 is 18.3 Å². The Morgan fingerprint density at radius 1 is 1.31 bits per heavy atom. The van der Waals surface area contributed by atoms with E-state index in [4.69, 9.17) is 0 Å². The van der Waals surface area contributed by atoms with Crippen molar-refractivity contribution in [1.82, 2.24) is 14.8 Å². The summed E-state index contributed by atoms with van der Waals surface area (Å²) in [5.74, 6) is -0.0684. The molecule has 0 aliphatic carbocycles. The highest BCUT2D eigenvalue weighted by Crippen LogP contribution is 2.27. The number of nitrogens with one attached hydrogen (secondary N) is 1. The molecule has 2 aromatic heterocycles. The average molecular weight is 378 g/mol. The molecule has 0 unspecified atom stereocenters. The molecule has 6 nitrogen and oxygen atoms in total. The van der Waals surface area contributed by atoms with E-state index in [1.165, 1.54) is 23.5 Å². The Morgan fingerprint density at radius 2 is 2.08 bits per heavy atom. The van der Waals surface area contributed by atoms with E-state index >= 15 is 0 Å². The van der Waals surface area contributed by atoms with Gasteiger partial charge in [-0.1, -0.05) is 0 Å². The maximum Gasteiger partial charge on any atom is 0.387 e. The van der Waals surface area contributed by atoms with Crippen molar-refractivity contribution in [2.45, 2.75) is 26.5 Å². The number of amides is 1. The smallest absolute Gasteiger partial charge is 0.387 e. The summed E-state index contributed by atoms with van der Waals surface area (Å²) in [6.45, 7) is -0.476. The Kier molecular flexibility index (Phi) is 5.57. The van der Waals surface area contributed by atoms with E-state index in [0.717, 1.165) is 11.3 Å². The van der Waals surface area contributed by atoms with Gasteiger partial charge in [-0.05, 0) is 37.3 Å². The normalized spacial score (nSPS) is 10.9. The lowest BCUT2D eigenvalue weighted by Crippen LogP contribution is -2.14. The zero-order valence-corrected chi connectivity index (χ0v) is 14.7. The molecule has 0 aliphatic heterocycles. The fraction of sp³-hybridized carbons (Fsp3) is 0.235. The topological polar surface area (TPSA) is 69.0 Å². The van der Waals surface area contributed by atoms with Crippen molar-refractivity contribution in [2.24, 2.45) is 0 Å². The first kappa shape index (κ1) is 18.0. The first-order chi connectivity index (χ1) is 12.5. The number of ether oxygens (including phenoxy) is 1. The van der Waals surface area contributed by atoms with Gasteiger partial charge in [0.2, 0.25) is 5.91 Å². The molecule has 3 rings (SSSR count). The molecule has 26 heavy (non-hydrogen) atoms. The number of carbonyl (C=O) groups excluding carboxylic acids is 1. The minimum atomic E-state index is -2.85. The van der Waals surface area contributed by atoms with Crippen molar-refractivity contribution in [3.63, 3.8) is 0 Å². The Hall–Kier alpha value is -2.81. The van der Waals surface area contributed by atoms with Crippen molar-refractivity contribution in [3.8, 4) is 17.0 Å². The zero-order valence-electron chi connectivity index (χ0n) is 13.9. The standard InChI is InChI=1S/C17H16F2N4O2S/c1-11-6-8-23(22-11)9-7-15(24)21-17-20-14(10-26-17)12-2-4-13(5-3-12)25-16(18)19/h2-6,8,10,16H,7,9H2,1H3,(H,20,21,24). The molecular weight excluding hydrogens is 362 g/mol. The maximum absolute atomic E-state index is 12.2. The third-order valence-corrected chi connectivity index (χ3v) is 4.23. The van der Waals surface area contributed by atoms with Crippen LogP contribution in [-0.4, -0.2) is 27.3 Å². The molecule has 9 heteroatoms. The lowest BCUT2D eigenvalue weighted by atomic mass is 10.2. The van der Waals surface area contributed by atoms with Crippen LogP contribution in [0.5, 0.6) is 5.75 Å². The number of nitrogens with zero attached hydrogens (tertiary/aromatic N) is 3. The zero-order chi connectivity index (χ0) is 18.5. The summed E-state index contributed by atoms with van der Waals surface area (Å²) < 4.78 is 30.4. The first-order valence-electron chi connectivity index (χ1n) is 7.80. The molecule has 1 amide bonds. The van der Waals surface area contributed by atoms with Gasteiger partial charge < -0.3 is 10.1 Å². The minimum Gasteiger partial charge on any atom is -0.435 e. The van der Waals surface area contributed by atoms with Crippen molar-refractivity contribution in [1.29, 1.82) is 0 Å². The van der Waals surface area contributed by atoms with Crippen LogP contribution in [0.25, 0.3) is 11.3 Å². The van der Waals surface area contributed by atoms with Gasteiger partial charge in [-0.2, -0.15) is 13.9 Å². The summed E-state index contributed by atoms with van der Waals surface area (Å²) in [5.41, 5.74) is 2.30. The molecule has 136 valence electrons. The van der Waals surface area contributed by atoms with Crippen LogP contribution in [0.15, 0.2) is 41.9 Å². The minimum absolute atomic E-state index is 0.0846. The number of aryl methyl sites for hydroxylation is 2. The number of halogens is 2. The fourth-order valence-corrected chi connectivity index (χ4v) is 2.99. The SMILES string of the molecule is Cc1ccn(CCC(=O)Nc2nc(-c3ccc(OC(F)F)cc3)cs2)n1. The van der Waals surface area contributed by atoms with Gasteiger partial charge in [0, 0.05) is 30.1 Å². The Balaban J connectivity index is 1.56. The number of aromatic nitrogens is 3. The van der Waals surface area contributed by atoms with Crippen LogP contribution in [0.1, 0.15) is 12.1 Å². The predicted molar refractivity (Wildman–Crippen MR) is 94.4 cm³/mol. The third-order valence-electron chi connectivity index (χ3n) is 3.47. The molecule has 3 aromatic rings. The molecule has 0 bridgehead atoms. The molecule has 0 spiro atoms. The van der Waals surface area contributed by atoms with Gasteiger partial charge in [-0.15, -0.1) is 11.3 Å². The summed E-state index contributed by atoms with van der Waals surface area (Å²) in [4.78, 5) is 16.4. The number of hydrogen-bond donors (Lipinski definition) is 1. The quantitative estimate of drug-likeness (QED) is 0.676.